The van der Waals surface area contributed by atoms with Crippen LogP contribution in [0.25, 0.3) is 26.7 Å². The summed E-state index contributed by atoms with van der Waals surface area (Å²) < 4.78 is 13.2. The third-order valence-electron chi connectivity index (χ3n) is 5.98. The molecule has 1 fully saturated rings. The van der Waals surface area contributed by atoms with Crippen LogP contribution in [0.5, 0.6) is 5.75 Å². The van der Waals surface area contributed by atoms with Gasteiger partial charge in [-0.25, -0.2) is 15.0 Å². The zero-order valence-electron chi connectivity index (χ0n) is 20.8. The van der Waals surface area contributed by atoms with Gasteiger partial charge in [-0.3, -0.25) is 4.99 Å². The molecule has 1 saturated heterocycles. The van der Waals surface area contributed by atoms with Gasteiger partial charge in [0.2, 0.25) is 0 Å². The molecule has 1 aliphatic heterocycles. The van der Waals surface area contributed by atoms with Crippen LogP contribution in [0, 0.1) is 0 Å². The summed E-state index contributed by atoms with van der Waals surface area (Å²) in [5, 5.41) is 14.3. The Morgan fingerprint density at radius 2 is 2.05 bits per heavy atom. The maximum absolute atomic E-state index is 10.0. The molecule has 0 spiro atoms. The number of nitrogens with two attached hydrogens (primary N) is 1. The number of fused-ring (bicyclic) bond motifs is 2. The quantitative estimate of drug-likeness (QED) is 0.287. The number of allylic oxidation sites excluding steroid dienone is 1. The van der Waals surface area contributed by atoms with E-state index in [4.69, 9.17) is 15.2 Å². The van der Waals surface area contributed by atoms with Crippen molar-refractivity contribution in [2.45, 2.75) is 38.4 Å². The standard InChI is InChI=1S/C27H30N6O3S/c1-27(2,34)14-29-13-18(12-28)17-9-22-25(23(10-17)36-20-5-7-35-8-6-20)26(31-15-30-22)33-19-3-4-21-24(11-19)37-16-32-21/h3-4,9-13,15-16,20,34H,5-8,14,28H2,1-2H3,(H,30,31,33)/b18-12+,29-13?. The molecule has 4 aromatic rings. The van der Waals surface area contributed by atoms with E-state index in [0.717, 1.165) is 39.7 Å². The van der Waals surface area contributed by atoms with Crippen molar-refractivity contribution in [1.82, 2.24) is 15.0 Å². The lowest BCUT2D eigenvalue weighted by Gasteiger charge is -2.25. The van der Waals surface area contributed by atoms with Gasteiger partial charge in [0.25, 0.3) is 0 Å². The first-order valence-corrected chi connectivity index (χ1v) is 13.1. The summed E-state index contributed by atoms with van der Waals surface area (Å²) in [5.41, 5.74) is 11.0. The van der Waals surface area contributed by atoms with Gasteiger partial charge < -0.3 is 25.6 Å². The Labute approximate surface area is 219 Å². The molecule has 4 N–H and O–H groups in total. The van der Waals surface area contributed by atoms with Gasteiger partial charge in [0.05, 0.1) is 52.0 Å². The summed E-state index contributed by atoms with van der Waals surface area (Å²) in [7, 11) is 0. The van der Waals surface area contributed by atoms with Crippen molar-refractivity contribution < 1.29 is 14.6 Å². The van der Waals surface area contributed by atoms with Crippen molar-refractivity contribution >= 4 is 55.7 Å². The molecule has 5 rings (SSSR count). The lowest BCUT2D eigenvalue weighted by molar-refractivity contribution is 0.0262. The average molecular weight is 519 g/mol. The third-order valence-corrected chi connectivity index (χ3v) is 6.77. The molecule has 9 nitrogen and oxygen atoms in total. The second-order valence-electron chi connectivity index (χ2n) is 9.58. The number of benzene rings is 2. The number of aliphatic imine (C=N–C) groups is 1. The number of nitrogens with zero attached hydrogens (tertiary/aromatic N) is 4. The molecule has 1 aliphatic rings. The average Bonchev–Trinajstić information content (AvgIpc) is 3.34. The number of nitrogens with one attached hydrogen (secondary N) is 1. The van der Waals surface area contributed by atoms with Crippen LogP contribution in [0.4, 0.5) is 11.5 Å². The minimum Gasteiger partial charge on any atom is -0.489 e. The van der Waals surface area contributed by atoms with Crippen LogP contribution < -0.4 is 15.8 Å². The normalized spacial score (nSPS) is 15.6. The number of anilines is 2. The molecule has 2 aromatic heterocycles. The SMILES string of the molecule is CC(C)(O)CN=C/C(=C\N)c1cc(OC2CCOCC2)c2c(Nc3ccc4ncsc4c3)ncnc2c1. The minimum absolute atomic E-state index is 0.0166. The van der Waals surface area contributed by atoms with Crippen molar-refractivity contribution in [2.75, 3.05) is 25.1 Å². The first kappa shape index (κ1) is 25.1. The molecule has 0 saturated carbocycles. The topological polar surface area (TPSA) is 128 Å². The molecule has 0 radical (unpaired) electrons. The largest absolute Gasteiger partial charge is 0.489 e. The van der Waals surface area contributed by atoms with E-state index in [-0.39, 0.29) is 12.6 Å². The van der Waals surface area contributed by atoms with Gasteiger partial charge in [-0.1, -0.05) is 0 Å². The maximum Gasteiger partial charge on any atom is 0.145 e. The monoisotopic (exact) mass is 518 g/mol. The Morgan fingerprint density at radius 3 is 2.84 bits per heavy atom. The summed E-state index contributed by atoms with van der Waals surface area (Å²) >= 11 is 1.59. The highest BCUT2D eigenvalue weighted by molar-refractivity contribution is 7.16. The summed E-state index contributed by atoms with van der Waals surface area (Å²) in [5.74, 6) is 1.31. The molecule has 0 atom stereocenters. The summed E-state index contributed by atoms with van der Waals surface area (Å²) in [6.07, 6.45) is 6.32. The van der Waals surface area contributed by atoms with Crippen molar-refractivity contribution in [1.29, 1.82) is 0 Å². The van der Waals surface area contributed by atoms with E-state index in [9.17, 15) is 5.11 Å². The first-order valence-electron chi connectivity index (χ1n) is 12.2. The number of thiazole rings is 1. The molecule has 192 valence electrons. The van der Waals surface area contributed by atoms with E-state index in [0.29, 0.717) is 35.9 Å². The van der Waals surface area contributed by atoms with Gasteiger partial charge in [0.1, 0.15) is 24.0 Å². The fraction of sp³-hybridized carbons (Fsp3) is 0.333. The summed E-state index contributed by atoms with van der Waals surface area (Å²) in [4.78, 5) is 17.9. The number of aromatic nitrogens is 3. The Kier molecular flexibility index (Phi) is 7.31. The second-order valence-corrected chi connectivity index (χ2v) is 10.5. The number of aliphatic hydroxyl groups is 1. The lowest BCUT2D eigenvalue weighted by Crippen LogP contribution is -2.26. The van der Waals surface area contributed by atoms with E-state index in [2.05, 4.69) is 31.3 Å². The highest BCUT2D eigenvalue weighted by Crippen LogP contribution is 2.36. The van der Waals surface area contributed by atoms with Crippen LogP contribution in [-0.4, -0.2) is 57.7 Å². The van der Waals surface area contributed by atoms with E-state index >= 15 is 0 Å². The van der Waals surface area contributed by atoms with Crippen LogP contribution in [0.3, 0.4) is 0 Å². The zero-order valence-corrected chi connectivity index (χ0v) is 21.7. The second kappa shape index (κ2) is 10.8. The van der Waals surface area contributed by atoms with E-state index in [1.165, 1.54) is 12.5 Å². The molecule has 0 unspecified atom stereocenters. The van der Waals surface area contributed by atoms with Crippen LogP contribution in [0.15, 0.2) is 53.4 Å². The molecule has 0 amide bonds. The predicted molar refractivity (Wildman–Crippen MR) is 149 cm³/mol. The molecule has 37 heavy (non-hydrogen) atoms. The Hall–Kier alpha value is -3.60. The van der Waals surface area contributed by atoms with Crippen molar-refractivity contribution in [3.63, 3.8) is 0 Å². The van der Waals surface area contributed by atoms with Crippen molar-refractivity contribution in [3.05, 3.63) is 53.9 Å². The van der Waals surface area contributed by atoms with E-state index < -0.39 is 5.60 Å². The van der Waals surface area contributed by atoms with E-state index in [1.807, 2.05) is 29.8 Å². The molecular weight excluding hydrogens is 488 g/mol. The third kappa shape index (κ3) is 6.04. The Bertz CT molecular complexity index is 1450. The van der Waals surface area contributed by atoms with Crippen LogP contribution in [0.2, 0.25) is 0 Å². The fourth-order valence-corrected chi connectivity index (χ4v) is 4.85. The molecule has 0 aliphatic carbocycles. The Balaban J connectivity index is 1.56. The van der Waals surface area contributed by atoms with Crippen molar-refractivity contribution in [2.24, 2.45) is 10.7 Å². The van der Waals surface area contributed by atoms with Gasteiger partial charge in [0, 0.05) is 36.5 Å². The first-order chi connectivity index (χ1) is 17.9. The molecule has 0 bridgehead atoms. The highest BCUT2D eigenvalue weighted by Gasteiger charge is 2.20. The van der Waals surface area contributed by atoms with Gasteiger partial charge >= 0.3 is 0 Å². The van der Waals surface area contributed by atoms with Crippen LogP contribution in [-0.2, 0) is 4.74 Å². The Morgan fingerprint density at radius 1 is 1.22 bits per heavy atom. The van der Waals surface area contributed by atoms with Crippen LogP contribution in [0.1, 0.15) is 32.3 Å². The van der Waals surface area contributed by atoms with Gasteiger partial charge in [0.15, 0.2) is 0 Å². The summed E-state index contributed by atoms with van der Waals surface area (Å²) in [6, 6.07) is 9.93. The van der Waals surface area contributed by atoms with E-state index in [1.54, 1.807) is 31.4 Å². The molecular formula is C27H30N6O3S. The zero-order chi connectivity index (χ0) is 25.8. The van der Waals surface area contributed by atoms with Crippen molar-refractivity contribution in [3.8, 4) is 5.75 Å². The number of hydrogen-bond donors (Lipinski definition) is 3. The fourth-order valence-electron chi connectivity index (χ4n) is 4.13. The number of rotatable bonds is 8. The molecule has 2 aromatic carbocycles. The molecule has 10 heteroatoms. The van der Waals surface area contributed by atoms with Gasteiger partial charge in [-0.05, 0) is 49.7 Å². The maximum atomic E-state index is 10.0. The summed E-state index contributed by atoms with van der Waals surface area (Å²) in [6.45, 7) is 5.00. The smallest absolute Gasteiger partial charge is 0.145 e. The lowest BCUT2D eigenvalue weighted by atomic mass is 10.0. The van der Waals surface area contributed by atoms with Gasteiger partial charge in [-0.15, -0.1) is 11.3 Å². The highest BCUT2D eigenvalue weighted by atomic mass is 32.1. The predicted octanol–water partition coefficient (Wildman–Crippen LogP) is 4.68. The van der Waals surface area contributed by atoms with Gasteiger partial charge in [-0.2, -0.15) is 0 Å². The molecule has 3 heterocycles. The number of ether oxygens (including phenoxy) is 2. The minimum atomic E-state index is -0.910. The number of hydrogen-bond acceptors (Lipinski definition) is 10. The van der Waals surface area contributed by atoms with Crippen LogP contribution >= 0.6 is 11.3 Å².